The van der Waals surface area contributed by atoms with Gasteiger partial charge >= 0.3 is 0 Å². The Balaban J connectivity index is 1.80. The Hall–Kier alpha value is -2.71. The van der Waals surface area contributed by atoms with Gasteiger partial charge in [-0.15, -0.1) is 11.3 Å². The lowest BCUT2D eigenvalue weighted by atomic mass is 10.1. The number of hydrogen-bond donors (Lipinski definition) is 2. The molecule has 2 unspecified atom stereocenters. The minimum Gasteiger partial charge on any atom is -0.353 e. The van der Waals surface area contributed by atoms with E-state index < -0.39 is 6.04 Å². The molecule has 0 aliphatic carbocycles. The maximum absolute atomic E-state index is 13.3. The molecule has 2 heterocycles. The van der Waals surface area contributed by atoms with Gasteiger partial charge in [-0.05, 0) is 29.9 Å². The van der Waals surface area contributed by atoms with Crippen molar-refractivity contribution in [3.63, 3.8) is 0 Å². The van der Waals surface area contributed by atoms with Crippen molar-refractivity contribution >= 4 is 29.1 Å². The van der Waals surface area contributed by atoms with Crippen LogP contribution in [-0.4, -0.2) is 65.8 Å². The summed E-state index contributed by atoms with van der Waals surface area (Å²) in [6.45, 7) is 3.02. The second-order valence-electron chi connectivity index (χ2n) is 7.37. The van der Waals surface area contributed by atoms with Crippen LogP contribution in [0, 0.1) is 0 Å². The van der Waals surface area contributed by atoms with Gasteiger partial charge in [0.25, 0.3) is 5.91 Å². The summed E-state index contributed by atoms with van der Waals surface area (Å²) in [5.41, 5.74) is 6.63. The molecule has 8 heteroatoms. The topological polar surface area (TPSA) is 95.7 Å². The van der Waals surface area contributed by atoms with E-state index in [0.29, 0.717) is 43.9 Å². The fraction of sp³-hybridized carbons (Fsp3) is 0.409. The van der Waals surface area contributed by atoms with Crippen LogP contribution >= 0.6 is 11.3 Å². The molecule has 30 heavy (non-hydrogen) atoms. The first-order valence-electron chi connectivity index (χ1n) is 10.1. The van der Waals surface area contributed by atoms with Gasteiger partial charge in [0.2, 0.25) is 11.8 Å². The van der Waals surface area contributed by atoms with E-state index in [4.69, 9.17) is 5.73 Å². The Morgan fingerprint density at radius 2 is 1.97 bits per heavy atom. The highest BCUT2D eigenvalue weighted by atomic mass is 32.1. The van der Waals surface area contributed by atoms with Crippen LogP contribution in [-0.2, 0) is 16.0 Å². The average molecular weight is 429 g/mol. The molecule has 3 amide bonds. The zero-order chi connectivity index (χ0) is 21.5. The molecule has 3 rings (SSSR count). The lowest BCUT2D eigenvalue weighted by Crippen LogP contribution is -2.46. The van der Waals surface area contributed by atoms with Crippen LogP contribution in [0.15, 0.2) is 47.8 Å². The van der Waals surface area contributed by atoms with E-state index in [1.165, 1.54) is 18.3 Å². The van der Waals surface area contributed by atoms with Crippen molar-refractivity contribution < 1.29 is 14.4 Å². The van der Waals surface area contributed by atoms with E-state index in [1.54, 1.807) is 4.90 Å². The monoisotopic (exact) mass is 428 g/mol. The lowest BCUT2D eigenvalue weighted by Gasteiger charge is -2.29. The molecule has 2 aromatic rings. The smallest absolute Gasteiger partial charge is 0.264 e. The average Bonchev–Trinajstić information content (AvgIpc) is 3.43. The summed E-state index contributed by atoms with van der Waals surface area (Å²) < 4.78 is 0. The van der Waals surface area contributed by atoms with E-state index in [9.17, 15) is 14.4 Å². The molecule has 1 aromatic carbocycles. The van der Waals surface area contributed by atoms with Crippen LogP contribution in [0.5, 0.6) is 0 Å². The maximum atomic E-state index is 13.3. The van der Waals surface area contributed by atoms with E-state index in [2.05, 4.69) is 5.32 Å². The van der Waals surface area contributed by atoms with E-state index >= 15 is 0 Å². The van der Waals surface area contributed by atoms with Crippen LogP contribution in [0.4, 0.5) is 0 Å². The molecule has 7 nitrogen and oxygen atoms in total. The molecule has 1 fully saturated rings. The number of rotatable bonds is 8. The third-order valence-corrected chi connectivity index (χ3v) is 6.21. The highest BCUT2D eigenvalue weighted by Crippen LogP contribution is 2.25. The third-order valence-electron chi connectivity index (χ3n) is 5.35. The number of nitrogens with one attached hydrogen (secondary N) is 1. The van der Waals surface area contributed by atoms with E-state index in [0.717, 1.165) is 5.56 Å². The van der Waals surface area contributed by atoms with Crippen molar-refractivity contribution in [3.8, 4) is 0 Å². The summed E-state index contributed by atoms with van der Waals surface area (Å²) in [7, 11) is 0. The zero-order valence-electron chi connectivity index (χ0n) is 17.1. The molecular formula is C22H28N4O3S. The largest absolute Gasteiger partial charge is 0.353 e. The summed E-state index contributed by atoms with van der Waals surface area (Å²) >= 11 is 1.40. The summed E-state index contributed by atoms with van der Waals surface area (Å²) in [6.07, 6.45) is 1.13. The molecule has 0 bridgehead atoms. The first kappa shape index (κ1) is 22.0. The quantitative estimate of drug-likeness (QED) is 0.666. The van der Waals surface area contributed by atoms with Crippen molar-refractivity contribution in [2.24, 2.45) is 5.73 Å². The third kappa shape index (κ3) is 5.25. The predicted molar refractivity (Wildman–Crippen MR) is 117 cm³/mol. The van der Waals surface area contributed by atoms with Crippen LogP contribution in [0.1, 0.15) is 28.6 Å². The van der Waals surface area contributed by atoms with Crippen LogP contribution in [0.3, 0.4) is 0 Å². The minimum atomic E-state index is -0.589. The number of benzene rings is 1. The molecule has 2 atom stereocenters. The molecule has 0 spiro atoms. The lowest BCUT2D eigenvalue weighted by molar-refractivity contribution is -0.136. The number of likely N-dealkylation sites (tertiary alicyclic amines) is 1. The first-order valence-corrected chi connectivity index (χ1v) is 11.0. The molecule has 0 saturated carbocycles. The molecule has 3 N–H and O–H groups in total. The van der Waals surface area contributed by atoms with Gasteiger partial charge in [-0.25, -0.2) is 0 Å². The van der Waals surface area contributed by atoms with Gasteiger partial charge in [0.15, 0.2) is 0 Å². The summed E-state index contributed by atoms with van der Waals surface area (Å²) in [5, 5.41) is 4.65. The Kier molecular flexibility index (Phi) is 7.59. The second-order valence-corrected chi connectivity index (χ2v) is 8.32. The first-order chi connectivity index (χ1) is 14.5. The Morgan fingerprint density at radius 3 is 2.60 bits per heavy atom. The van der Waals surface area contributed by atoms with Crippen molar-refractivity contribution in [1.82, 2.24) is 15.1 Å². The maximum Gasteiger partial charge on any atom is 0.264 e. The molecular weight excluding hydrogens is 400 g/mol. The van der Waals surface area contributed by atoms with E-state index in [-0.39, 0.29) is 23.8 Å². The number of hydrogen-bond acceptors (Lipinski definition) is 5. The van der Waals surface area contributed by atoms with Crippen molar-refractivity contribution in [2.75, 3.05) is 26.2 Å². The number of nitrogens with zero attached hydrogens (tertiary/aromatic N) is 2. The molecule has 1 saturated heterocycles. The summed E-state index contributed by atoms with van der Waals surface area (Å²) in [6, 6.07) is 12.8. The predicted octanol–water partition coefficient (Wildman–Crippen LogP) is 1.50. The van der Waals surface area contributed by atoms with Gasteiger partial charge < -0.3 is 20.9 Å². The van der Waals surface area contributed by atoms with Gasteiger partial charge in [0.1, 0.15) is 6.04 Å². The summed E-state index contributed by atoms with van der Waals surface area (Å²) in [4.78, 5) is 42.1. The number of amides is 3. The molecule has 1 aromatic heterocycles. The number of carbonyl (C=O) groups excluding carboxylic acids is 3. The Labute approximate surface area is 180 Å². The fourth-order valence-corrected chi connectivity index (χ4v) is 4.51. The zero-order valence-corrected chi connectivity index (χ0v) is 17.9. The van der Waals surface area contributed by atoms with Gasteiger partial charge in [-0.3, -0.25) is 14.4 Å². The fourth-order valence-electron chi connectivity index (χ4n) is 3.84. The van der Waals surface area contributed by atoms with Gasteiger partial charge in [-0.2, -0.15) is 0 Å². The minimum absolute atomic E-state index is 0.0579. The number of carbonyl (C=O) groups is 3. The second kappa shape index (κ2) is 10.4. The number of thiophene rings is 1. The Morgan fingerprint density at radius 1 is 1.20 bits per heavy atom. The SMILES string of the molecule is CC(=O)N1CC(N(CCc2ccccc2)C(=O)c2cccs2)CC1C(=O)NCCN. The highest BCUT2D eigenvalue weighted by Gasteiger charge is 2.42. The molecule has 1 aliphatic rings. The van der Waals surface area contributed by atoms with Crippen LogP contribution in [0.2, 0.25) is 0 Å². The van der Waals surface area contributed by atoms with Crippen LogP contribution < -0.4 is 11.1 Å². The van der Waals surface area contributed by atoms with Gasteiger partial charge in [-0.1, -0.05) is 36.4 Å². The molecule has 160 valence electrons. The van der Waals surface area contributed by atoms with Gasteiger partial charge in [0, 0.05) is 33.1 Å². The van der Waals surface area contributed by atoms with Crippen molar-refractivity contribution in [1.29, 1.82) is 0 Å². The standard InChI is InChI=1S/C22H28N4O3S/c1-16(27)26-15-18(14-19(26)21(28)24-11-10-23)25(22(29)20-8-5-13-30-20)12-9-17-6-3-2-4-7-17/h2-8,13,18-19H,9-12,14-15,23H2,1H3,(H,24,28). The summed E-state index contributed by atoms with van der Waals surface area (Å²) in [5.74, 6) is -0.445. The van der Waals surface area contributed by atoms with Gasteiger partial charge in [0.05, 0.1) is 10.9 Å². The van der Waals surface area contributed by atoms with E-state index in [1.807, 2.05) is 52.7 Å². The molecule has 1 aliphatic heterocycles. The Bertz CT molecular complexity index is 857. The molecule has 0 radical (unpaired) electrons. The van der Waals surface area contributed by atoms with Crippen LogP contribution in [0.25, 0.3) is 0 Å². The van der Waals surface area contributed by atoms with Crippen molar-refractivity contribution in [2.45, 2.75) is 31.8 Å². The normalized spacial score (nSPS) is 18.3. The highest BCUT2D eigenvalue weighted by molar-refractivity contribution is 7.12. The van der Waals surface area contributed by atoms with Crippen molar-refractivity contribution in [3.05, 3.63) is 58.3 Å². The number of nitrogens with two attached hydrogens (primary N) is 1.